The Hall–Kier alpha value is -2.07. The van der Waals surface area contributed by atoms with E-state index in [0.717, 1.165) is 54.6 Å². The summed E-state index contributed by atoms with van der Waals surface area (Å²) in [7, 11) is 0. The first-order valence-electron chi connectivity index (χ1n) is 11.1. The molecule has 1 saturated heterocycles. The molecule has 0 atom stereocenters. The number of ether oxygens (including phenoxy) is 1. The van der Waals surface area contributed by atoms with Crippen molar-refractivity contribution in [2.24, 2.45) is 0 Å². The first-order valence-corrected chi connectivity index (χ1v) is 12.9. The number of morpholine rings is 1. The molecular formula is C24H27F2N3O2S2. The van der Waals surface area contributed by atoms with Gasteiger partial charge in [0.1, 0.15) is 11.6 Å². The van der Waals surface area contributed by atoms with Crippen molar-refractivity contribution in [1.82, 2.24) is 9.88 Å². The summed E-state index contributed by atoms with van der Waals surface area (Å²) < 4.78 is 32.8. The molecule has 4 rings (SSSR count). The topological polar surface area (TPSA) is 45.7 Å². The lowest BCUT2D eigenvalue weighted by Gasteiger charge is -2.27. The third kappa shape index (κ3) is 6.96. The molecule has 1 aromatic heterocycles. The Morgan fingerprint density at radius 1 is 1.09 bits per heavy atom. The monoisotopic (exact) mass is 491 g/mol. The number of carbonyl (C=O) groups excluding carboxylic acids is 1. The number of hydrogen-bond acceptors (Lipinski definition) is 6. The van der Waals surface area contributed by atoms with Gasteiger partial charge in [0.2, 0.25) is 5.91 Å². The minimum Gasteiger partial charge on any atom is -0.379 e. The highest BCUT2D eigenvalue weighted by atomic mass is 32.2. The normalized spacial score (nSPS) is 14.6. The number of thiazole rings is 1. The van der Waals surface area contributed by atoms with Crippen LogP contribution in [0.1, 0.15) is 19.3 Å². The quantitative estimate of drug-likeness (QED) is 0.288. The molecule has 0 unspecified atom stereocenters. The highest BCUT2D eigenvalue weighted by Crippen LogP contribution is 2.30. The van der Waals surface area contributed by atoms with Gasteiger partial charge in [-0.15, -0.1) is 11.8 Å². The Balaban J connectivity index is 1.36. The van der Waals surface area contributed by atoms with Crippen LogP contribution in [0.4, 0.5) is 13.9 Å². The van der Waals surface area contributed by atoms with Crippen molar-refractivity contribution in [2.45, 2.75) is 24.2 Å². The van der Waals surface area contributed by atoms with Crippen molar-refractivity contribution in [2.75, 3.05) is 50.0 Å². The molecule has 9 heteroatoms. The van der Waals surface area contributed by atoms with Gasteiger partial charge >= 0.3 is 0 Å². The van der Waals surface area contributed by atoms with Crippen LogP contribution in [0.15, 0.2) is 47.4 Å². The number of hydrogen-bond donors (Lipinski definition) is 0. The van der Waals surface area contributed by atoms with E-state index >= 15 is 0 Å². The molecular weight excluding hydrogens is 464 g/mol. The number of carbonyl (C=O) groups is 1. The molecule has 33 heavy (non-hydrogen) atoms. The fraction of sp³-hybridized carbons (Fsp3) is 0.417. The molecule has 0 saturated carbocycles. The van der Waals surface area contributed by atoms with Crippen LogP contribution in [0.5, 0.6) is 0 Å². The van der Waals surface area contributed by atoms with E-state index in [1.165, 1.54) is 35.6 Å². The number of anilines is 1. The first kappa shape index (κ1) is 24.1. The largest absolute Gasteiger partial charge is 0.379 e. The Kier molecular flexibility index (Phi) is 8.66. The van der Waals surface area contributed by atoms with Crippen molar-refractivity contribution in [3.63, 3.8) is 0 Å². The molecule has 0 spiro atoms. The van der Waals surface area contributed by atoms with Crippen LogP contribution in [0.25, 0.3) is 10.2 Å². The molecule has 1 aliphatic rings. The van der Waals surface area contributed by atoms with Crippen LogP contribution in [-0.2, 0) is 9.53 Å². The van der Waals surface area contributed by atoms with Crippen molar-refractivity contribution in [1.29, 1.82) is 0 Å². The first-order chi connectivity index (χ1) is 16.1. The van der Waals surface area contributed by atoms with Crippen molar-refractivity contribution >= 4 is 44.4 Å². The summed E-state index contributed by atoms with van der Waals surface area (Å²) in [5.74, 6) is 0.235. The van der Waals surface area contributed by atoms with Gasteiger partial charge in [-0.25, -0.2) is 13.8 Å². The number of thioether (sulfide) groups is 1. The van der Waals surface area contributed by atoms with Crippen LogP contribution in [-0.4, -0.2) is 60.9 Å². The lowest BCUT2D eigenvalue weighted by Crippen LogP contribution is -2.39. The van der Waals surface area contributed by atoms with Crippen LogP contribution >= 0.6 is 23.1 Å². The fourth-order valence-electron chi connectivity index (χ4n) is 3.69. The van der Waals surface area contributed by atoms with E-state index in [1.54, 1.807) is 34.9 Å². The summed E-state index contributed by atoms with van der Waals surface area (Å²) in [6, 6.07) is 10.9. The van der Waals surface area contributed by atoms with E-state index in [-0.39, 0.29) is 17.5 Å². The van der Waals surface area contributed by atoms with Gasteiger partial charge in [0, 0.05) is 37.5 Å². The fourth-order valence-corrected chi connectivity index (χ4v) is 5.57. The molecule has 176 valence electrons. The summed E-state index contributed by atoms with van der Waals surface area (Å²) in [6.45, 7) is 4.79. The molecule has 1 amide bonds. The second kappa shape index (κ2) is 11.9. The molecule has 3 aromatic rings. The van der Waals surface area contributed by atoms with Gasteiger partial charge in [-0.1, -0.05) is 11.3 Å². The zero-order chi connectivity index (χ0) is 23.0. The predicted octanol–water partition coefficient (Wildman–Crippen LogP) is 5.20. The lowest BCUT2D eigenvalue weighted by molar-refractivity contribution is -0.118. The second-order valence-corrected chi connectivity index (χ2v) is 10.0. The number of rotatable bonds is 10. The second-order valence-electron chi connectivity index (χ2n) is 7.87. The zero-order valence-electron chi connectivity index (χ0n) is 18.3. The summed E-state index contributed by atoms with van der Waals surface area (Å²) >= 11 is 2.96. The van der Waals surface area contributed by atoms with E-state index in [0.29, 0.717) is 30.0 Å². The standard InChI is InChI=1S/C24H27F2N3O2S2/c25-18-4-7-20(8-5-18)32-16-1-3-23(30)29(11-2-10-28-12-14-31-15-13-28)24-27-21-9-6-19(26)17-22(21)33-24/h4-9,17H,1-3,10-16H2. The number of fused-ring (bicyclic) bond motifs is 1. The van der Waals surface area contributed by atoms with Crippen molar-refractivity contribution in [3.05, 3.63) is 54.1 Å². The Morgan fingerprint density at radius 2 is 1.85 bits per heavy atom. The summed E-state index contributed by atoms with van der Waals surface area (Å²) in [5.41, 5.74) is 0.703. The maximum Gasteiger partial charge on any atom is 0.228 e. The number of nitrogens with zero attached hydrogens (tertiary/aromatic N) is 3. The van der Waals surface area contributed by atoms with Crippen LogP contribution in [0.2, 0.25) is 0 Å². The summed E-state index contributed by atoms with van der Waals surface area (Å²) in [5, 5.41) is 0.619. The molecule has 1 fully saturated rings. The number of amides is 1. The summed E-state index contributed by atoms with van der Waals surface area (Å²) in [4.78, 5) is 22.8. The third-order valence-corrected chi connectivity index (χ3v) is 7.59. The van der Waals surface area contributed by atoms with E-state index in [4.69, 9.17) is 4.74 Å². The van der Waals surface area contributed by atoms with E-state index in [1.807, 2.05) is 0 Å². The summed E-state index contributed by atoms with van der Waals surface area (Å²) in [6.07, 6.45) is 1.94. The average Bonchev–Trinajstić information content (AvgIpc) is 3.24. The molecule has 2 heterocycles. The van der Waals surface area contributed by atoms with Crippen LogP contribution < -0.4 is 4.90 Å². The molecule has 2 aromatic carbocycles. The van der Waals surface area contributed by atoms with Crippen molar-refractivity contribution in [3.8, 4) is 0 Å². The molecule has 0 radical (unpaired) electrons. The van der Waals surface area contributed by atoms with Gasteiger partial charge in [-0.2, -0.15) is 0 Å². The lowest BCUT2D eigenvalue weighted by atomic mass is 10.2. The minimum atomic E-state index is -0.305. The van der Waals surface area contributed by atoms with Crippen LogP contribution in [0, 0.1) is 11.6 Å². The molecule has 1 aliphatic heterocycles. The van der Waals surface area contributed by atoms with Gasteiger partial charge < -0.3 is 4.74 Å². The maximum atomic E-state index is 13.6. The highest BCUT2D eigenvalue weighted by Gasteiger charge is 2.20. The zero-order valence-corrected chi connectivity index (χ0v) is 20.0. The molecule has 0 aliphatic carbocycles. The molecule has 0 bridgehead atoms. The number of halogens is 2. The molecule has 5 nitrogen and oxygen atoms in total. The van der Waals surface area contributed by atoms with Gasteiger partial charge in [-0.05, 0) is 61.1 Å². The van der Waals surface area contributed by atoms with E-state index < -0.39 is 0 Å². The smallest absolute Gasteiger partial charge is 0.228 e. The third-order valence-electron chi connectivity index (χ3n) is 5.45. The maximum absolute atomic E-state index is 13.6. The highest BCUT2D eigenvalue weighted by molar-refractivity contribution is 7.99. The Bertz CT molecular complexity index is 1060. The van der Waals surface area contributed by atoms with Gasteiger partial charge in [0.15, 0.2) is 5.13 Å². The Labute approximate surface area is 200 Å². The van der Waals surface area contributed by atoms with Crippen molar-refractivity contribution < 1.29 is 18.3 Å². The van der Waals surface area contributed by atoms with Crippen LogP contribution in [0.3, 0.4) is 0 Å². The number of aromatic nitrogens is 1. The Morgan fingerprint density at radius 3 is 2.64 bits per heavy atom. The predicted molar refractivity (Wildman–Crippen MR) is 130 cm³/mol. The average molecular weight is 492 g/mol. The van der Waals surface area contributed by atoms with E-state index in [2.05, 4.69) is 9.88 Å². The van der Waals surface area contributed by atoms with Gasteiger partial charge in [0.05, 0.1) is 23.4 Å². The minimum absolute atomic E-state index is 0.0243. The van der Waals surface area contributed by atoms with E-state index in [9.17, 15) is 13.6 Å². The SMILES string of the molecule is O=C(CCCSc1ccc(F)cc1)N(CCCN1CCOCC1)c1nc2ccc(F)cc2s1. The molecule has 0 N–H and O–H groups in total. The van der Waals surface area contributed by atoms with Gasteiger partial charge in [-0.3, -0.25) is 14.6 Å². The van der Waals surface area contributed by atoms with Gasteiger partial charge in [0.25, 0.3) is 0 Å². The number of benzene rings is 2.